The summed E-state index contributed by atoms with van der Waals surface area (Å²) < 4.78 is 1.74. The highest BCUT2D eigenvalue weighted by Gasteiger charge is 2.58. The Labute approximate surface area is 175 Å². The lowest BCUT2D eigenvalue weighted by Gasteiger charge is -2.34. The molecule has 1 aromatic heterocycles. The SMILES string of the molecule is C/C=C/c1ccc2n(c1=O)C[C@@H]1[C@@H](CO)[C@H](C(=O)NC3CCC3)N(C(=O)C3CC3)[C@H]21. The zero-order valence-electron chi connectivity index (χ0n) is 17.3. The first kappa shape index (κ1) is 19.5. The number of hydrogen-bond donors (Lipinski definition) is 2. The van der Waals surface area contributed by atoms with E-state index >= 15 is 0 Å². The van der Waals surface area contributed by atoms with Crippen LogP contribution in [0.1, 0.15) is 56.3 Å². The number of amides is 2. The molecule has 30 heavy (non-hydrogen) atoms. The zero-order valence-corrected chi connectivity index (χ0v) is 17.3. The van der Waals surface area contributed by atoms with E-state index in [0.717, 1.165) is 37.8 Å². The zero-order chi connectivity index (χ0) is 21.0. The van der Waals surface area contributed by atoms with Crippen molar-refractivity contribution in [1.29, 1.82) is 0 Å². The summed E-state index contributed by atoms with van der Waals surface area (Å²) >= 11 is 0. The van der Waals surface area contributed by atoms with Crippen LogP contribution in [0.4, 0.5) is 0 Å². The van der Waals surface area contributed by atoms with Crippen LogP contribution in [0.15, 0.2) is 23.0 Å². The van der Waals surface area contributed by atoms with Gasteiger partial charge in [0.05, 0.1) is 6.04 Å². The standard InChI is InChI=1S/C23H29N3O4/c1-2-4-13-9-10-18-19-16(11-25(18)22(13)29)17(12-27)20(21(28)24-15-5-3-6-15)26(19)23(30)14-7-8-14/h2,4,9-10,14-17,19-20,27H,3,5-8,11-12H2,1H3,(H,24,28)/b4-2+/t16-,17-,19+,20-/m1/s1. The fraction of sp³-hybridized carbons (Fsp3) is 0.609. The van der Waals surface area contributed by atoms with E-state index in [4.69, 9.17) is 0 Å². The summed E-state index contributed by atoms with van der Waals surface area (Å²) in [5.74, 6) is -0.703. The van der Waals surface area contributed by atoms with Crippen LogP contribution in [0.25, 0.3) is 6.08 Å². The second kappa shape index (κ2) is 7.38. The Balaban J connectivity index is 1.55. The summed E-state index contributed by atoms with van der Waals surface area (Å²) in [7, 11) is 0. The van der Waals surface area contributed by atoms with Gasteiger partial charge in [-0.1, -0.05) is 12.2 Å². The minimum atomic E-state index is -0.669. The van der Waals surface area contributed by atoms with E-state index in [1.54, 1.807) is 21.6 Å². The van der Waals surface area contributed by atoms with Crippen LogP contribution in [0, 0.1) is 17.8 Å². The van der Waals surface area contributed by atoms with Crippen molar-refractivity contribution in [1.82, 2.24) is 14.8 Å². The van der Waals surface area contributed by atoms with Crippen molar-refractivity contribution in [2.24, 2.45) is 17.8 Å². The monoisotopic (exact) mass is 411 g/mol. The lowest BCUT2D eigenvalue weighted by atomic mass is 9.87. The number of fused-ring (bicyclic) bond motifs is 3. The maximum Gasteiger partial charge on any atom is 0.258 e. The minimum Gasteiger partial charge on any atom is -0.396 e. The van der Waals surface area contributed by atoms with Crippen molar-refractivity contribution in [3.05, 3.63) is 39.8 Å². The third-order valence-electron chi connectivity index (χ3n) is 7.35. The molecule has 0 bridgehead atoms. The summed E-state index contributed by atoms with van der Waals surface area (Å²) in [6.07, 6.45) is 8.37. The number of nitrogens with zero attached hydrogens (tertiary/aromatic N) is 2. The number of pyridine rings is 1. The molecule has 0 radical (unpaired) electrons. The normalized spacial score (nSPS) is 30.3. The van der Waals surface area contributed by atoms with E-state index in [2.05, 4.69) is 5.32 Å². The van der Waals surface area contributed by atoms with Gasteiger partial charge >= 0.3 is 0 Å². The van der Waals surface area contributed by atoms with Crippen molar-refractivity contribution in [3.8, 4) is 0 Å². The number of hydrogen-bond acceptors (Lipinski definition) is 4. The molecular weight excluding hydrogens is 382 g/mol. The minimum absolute atomic E-state index is 0.00635. The third kappa shape index (κ3) is 2.94. The van der Waals surface area contributed by atoms with Gasteiger partial charge in [-0.05, 0) is 51.2 Å². The molecule has 4 aliphatic rings. The highest BCUT2D eigenvalue weighted by Crippen LogP contribution is 2.51. The van der Waals surface area contributed by atoms with Crippen LogP contribution in [-0.2, 0) is 16.1 Å². The first-order chi connectivity index (χ1) is 14.5. The van der Waals surface area contributed by atoms with E-state index in [0.29, 0.717) is 12.1 Å². The predicted molar refractivity (Wildman–Crippen MR) is 111 cm³/mol. The Morgan fingerprint density at radius 3 is 2.60 bits per heavy atom. The molecule has 5 rings (SSSR count). The quantitative estimate of drug-likeness (QED) is 0.767. The molecule has 160 valence electrons. The predicted octanol–water partition coefficient (Wildman–Crippen LogP) is 1.45. The average molecular weight is 412 g/mol. The lowest BCUT2D eigenvalue weighted by molar-refractivity contribution is -0.143. The summed E-state index contributed by atoms with van der Waals surface area (Å²) in [6.45, 7) is 2.12. The Bertz CT molecular complexity index is 960. The molecule has 1 saturated heterocycles. The van der Waals surface area contributed by atoms with Crippen molar-refractivity contribution >= 4 is 17.9 Å². The maximum atomic E-state index is 13.3. The second-order valence-electron chi connectivity index (χ2n) is 9.19. The molecule has 1 aromatic rings. The first-order valence-corrected chi connectivity index (χ1v) is 11.1. The van der Waals surface area contributed by atoms with Crippen molar-refractivity contribution in [3.63, 3.8) is 0 Å². The maximum absolute atomic E-state index is 13.3. The van der Waals surface area contributed by atoms with E-state index in [-0.39, 0.29) is 53.8 Å². The van der Waals surface area contributed by atoms with Gasteiger partial charge in [0.1, 0.15) is 6.04 Å². The van der Waals surface area contributed by atoms with Crippen LogP contribution in [-0.4, -0.2) is 45.1 Å². The highest BCUT2D eigenvalue weighted by molar-refractivity contribution is 5.91. The molecule has 0 unspecified atom stereocenters. The molecule has 7 nitrogen and oxygen atoms in total. The van der Waals surface area contributed by atoms with Gasteiger partial charge in [-0.25, -0.2) is 0 Å². The van der Waals surface area contributed by atoms with Crippen molar-refractivity contribution in [2.75, 3.05) is 6.61 Å². The van der Waals surface area contributed by atoms with E-state index in [9.17, 15) is 19.5 Å². The number of rotatable bonds is 5. The van der Waals surface area contributed by atoms with Crippen LogP contribution in [0.5, 0.6) is 0 Å². The van der Waals surface area contributed by atoms with E-state index in [1.807, 2.05) is 19.1 Å². The number of aliphatic hydroxyl groups is 1. The van der Waals surface area contributed by atoms with Gasteiger partial charge in [-0.3, -0.25) is 14.4 Å². The van der Waals surface area contributed by atoms with Gasteiger partial charge in [-0.2, -0.15) is 0 Å². The average Bonchev–Trinajstić information content (AvgIpc) is 3.41. The Morgan fingerprint density at radius 2 is 2.00 bits per heavy atom. The van der Waals surface area contributed by atoms with Gasteiger partial charge < -0.3 is 19.9 Å². The number of aromatic nitrogens is 1. The highest BCUT2D eigenvalue weighted by atomic mass is 16.3. The molecule has 4 atom stereocenters. The van der Waals surface area contributed by atoms with Crippen molar-refractivity contribution in [2.45, 2.75) is 63.7 Å². The topological polar surface area (TPSA) is 91.6 Å². The third-order valence-corrected chi connectivity index (χ3v) is 7.35. The Kier molecular flexibility index (Phi) is 4.81. The van der Waals surface area contributed by atoms with Gasteiger partial charge in [0.25, 0.3) is 5.56 Å². The molecule has 0 spiro atoms. The number of aliphatic hydroxyl groups excluding tert-OH is 1. The largest absolute Gasteiger partial charge is 0.396 e. The molecule has 2 aliphatic carbocycles. The number of nitrogens with one attached hydrogen (secondary N) is 1. The molecular formula is C23H29N3O4. The Hall–Kier alpha value is -2.41. The molecule has 2 aliphatic heterocycles. The molecule has 2 N–H and O–H groups in total. The summed E-state index contributed by atoms with van der Waals surface area (Å²) in [4.78, 5) is 41.3. The fourth-order valence-corrected chi connectivity index (χ4v) is 5.43. The van der Waals surface area contributed by atoms with Crippen molar-refractivity contribution < 1.29 is 14.7 Å². The summed E-state index contributed by atoms with van der Waals surface area (Å²) in [5.41, 5.74) is 1.32. The molecule has 2 amide bonds. The molecule has 3 fully saturated rings. The fourth-order valence-electron chi connectivity index (χ4n) is 5.43. The lowest BCUT2D eigenvalue weighted by Crippen LogP contribution is -2.54. The summed E-state index contributed by atoms with van der Waals surface area (Å²) in [5, 5.41) is 13.4. The number of allylic oxidation sites excluding steroid dienone is 1. The van der Waals surface area contributed by atoms with E-state index in [1.165, 1.54) is 0 Å². The molecule has 3 heterocycles. The molecule has 7 heteroatoms. The van der Waals surface area contributed by atoms with Crippen LogP contribution < -0.4 is 10.9 Å². The molecule has 0 aromatic carbocycles. The smallest absolute Gasteiger partial charge is 0.258 e. The van der Waals surface area contributed by atoms with Gasteiger partial charge in [0.15, 0.2) is 0 Å². The Morgan fingerprint density at radius 1 is 1.23 bits per heavy atom. The van der Waals surface area contributed by atoms with Crippen LogP contribution in [0.2, 0.25) is 0 Å². The summed E-state index contributed by atoms with van der Waals surface area (Å²) in [6, 6.07) is 2.88. The van der Waals surface area contributed by atoms with Crippen LogP contribution >= 0.6 is 0 Å². The molecule has 2 saturated carbocycles. The number of carbonyl (C=O) groups excluding carboxylic acids is 2. The number of carbonyl (C=O) groups is 2. The van der Waals surface area contributed by atoms with Crippen LogP contribution in [0.3, 0.4) is 0 Å². The first-order valence-electron chi connectivity index (χ1n) is 11.1. The van der Waals surface area contributed by atoms with Gasteiger partial charge in [0.2, 0.25) is 11.8 Å². The number of likely N-dealkylation sites (tertiary alicyclic amines) is 1. The second-order valence-corrected chi connectivity index (χ2v) is 9.19. The van der Waals surface area contributed by atoms with Gasteiger partial charge in [0, 0.05) is 48.2 Å². The van der Waals surface area contributed by atoms with E-state index < -0.39 is 6.04 Å². The van der Waals surface area contributed by atoms with Gasteiger partial charge in [-0.15, -0.1) is 0 Å².